The molecule has 2 aromatic rings. The van der Waals surface area contributed by atoms with Crippen LogP contribution in [0.5, 0.6) is 0 Å². The average molecular weight is 273 g/mol. The fraction of sp³-hybridized carbons (Fsp3) is 0.250. The summed E-state index contributed by atoms with van der Waals surface area (Å²) in [5, 5.41) is 0.0198. The molecule has 0 aliphatic heterocycles. The minimum absolute atomic E-state index is 0.0198. The molecule has 0 heterocycles. The van der Waals surface area contributed by atoms with Gasteiger partial charge in [-0.2, -0.15) is 0 Å². The molecular formula is C16H19NOS. The van der Waals surface area contributed by atoms with Crippen molar-refractivity contribution in [2.75, 3.05) is 6.54 Å². The molecule has 0 aliphatic carbocycles. The van der Waals surface area contributed by atoms with Crippen molar-refractivity contribution < 1.29 is 4.21 Å². The Labute approximate surface area is 117 Å². The lowest BCUT2D eigenvalue weighted by atomic mass is 10.1. The van der Waals surface area contributed by atoms with E-state index in [0.717, 1.165) is 17.5 Å². The van der Waals surface area contributed by atoms with Gasteiger partial charge in [-0.05, 0) is 24.1 Å². The van der Waals surface area contributed by atoms with E-state index in [1.165, 1.54) is 0 Å². The van der Waals surface area contributed by atoms with Crippen molar-refractivity contribution in [1.82, 2.24) is 0 Å². The van der Waals surface area contributed by atoms with Crippen molar-refractivity contribution in [3.8, 4) is 0 Å². The lowest BCUT2D eigenvalue weighted by molar-refractivity contribution is 0.663. The SMILES string of the molecule is NCCC(c1ccccc1)S(=O)Cc1ccccc1. The van der Waals surface area contributed by atoms with E-state index in [1.807, 2.05) is 60.7 Å². The van der Waals surface area contributed by atoms with Gasteiger partial charge >= 0.3 is 0 Å². The van der Waals surface area contributed by atoms with Crippen LogP contribution in [0.15, 0.2) is 60.7 Å². The van der Waals surface area contributed by atoms with Crippen LogP contribution in [0, 0.1) is 0 Å². The Morgan fingerprint density at radius 1 is 0.947 bits per heavy atom. The molecule has 0 aliphatic rings. The maximum Gasteiger partial charge on any atom is 0.0612 e. The first kappa shape index (κ1) is 14.0. The van der Waals surface area contributed by atoms with Crippen molar-refractivity contribution >= 4 is 10.8 Å². The van der Waals surface area contributed by atoms with Crippen LogP contribution in [0.1, 0.15) is 22.8 Å². The highest BCUT2D eigenvalue weighted by molar-refractivity contribution is 7.84. The van der Waals surface area contributed by atoms with Crippen LogP contribution in [-0.4, -0.2) is 10.8 Å². The molecule has 0 spiro atoms. The molecule has 0 bridgehead atoms. The molecule has 0 fully saturated rings. The zero-order valence-electron chi connectivity index (χ0n) is 10.9. The number of hydrogen-bond acceptors (Lipinski definition) is 2. The first-order valence-electron chi connectivity index (χ1n) is 6.47. The first-order chi connectivity index (χ1) is 9.31. The minimum Gasteiger partial charge on any atom is -0.330 e. The fourth-order valence-corrected chi connectivity index (χ4v) is 3.69. The monoisotopic (exact) mass is 273 g/mol. The van der Waals surface area contributed by atoms with Gasteiger partial charge in [0.05, 0.1) is 5.25 Å². The molecule has 0 saturated heterocycles. The van der Waals surface area contributed by atoms with Gasteiger partial charge in [0.1, 0.15) is 0 Å². The maximum atomic E-state index is 12.6. The average Bonchev–Trinajstić information content (AvgIpc) is 2.46. The Kier molecular flexibility index (Phi) is 5.31. The second-order valence-electron chi connectivity index (χ2n) is 4.49. The molecule has 2 nitrogen and oxygen atoms in total. The van der Waals surface area contributed by atoms with Gasteiger partial charge in [-0.3, -0.25) is 4.21 Å². The third kappa shape index (κ3) is 4.01. The van der Waals surface area contributed by atoms with Crippen LogP contribution < -0.4 is 5.73 Å². The van der Waals surface area contributed by atoms with E-state index < -0.39 is 10.8 Å². The number of hydrogen-bond donors (Lipinski definition) is 1. The quantitative estimate of drug-likeness (QED) is 0.879. The minimum atomic E-state index is -0.940. The fourth-order valence-electron chi connectivity index (χ4n) is 2.11. The van der Waals surface area contributed by atoms with E-state index in [4.69, 9.17) is 5.73 Å². The summed E-state index contributed by atoms with van der Waals surface area (Å²) in [5.74, 6) is 0.584. The zero-order valence-corrected chi connectivity index (χ0v) is 11.7. The van der Waals surface area contributed by atoms with Gasteiger partial charge in [0.15, 0.2) is 0 Å². The van der Waals surface area contributed by atoms with Crippen molar-refractivity contribution in [2.45, 2.75) is 17.4 Å². The van der Waals surface area contributed by atoms with E-state index in [2.05, 4.69) is 0 Å². The largest absolute Gasteiger partial charge is 0.330 e. The first-order valence-corrected chi connectivity index (χ1v) is 7.85. The summed E-state index contributed by atoms with van der Waals surface area (Å²) in [6, 6.07) is 20.0. The third-order valence-corrected chi connectivity index (χ3v) is 4.83. The number of rotatable bonds is 6. The van der Waals surface area contributed by atoms with Crippen LogP contribution in [-0.2, 0) is 16.6 Å². The summed E-state index contributed by atoms with van der Waals surface area (Å²) in [5.41, 5.74) is 7.89. The van der Waals surface area contributed by atoms with Gasteiger partial charge in [-0.25, -0.2) is 0 Å². The van der Waals surface area contributed by atoms with Crippen LogP contribution in [0.4, 0.5) is 0 Å². The highest BCUT2D eigenvalue weighted by atomic mass is 32.2. The predicted molar refractivity (Wildman–Crippen MR) is 81.1 cm³/mol. The van der Waals surface area contributed by atoms with E-state index in [1.54, 1.807) is 0 Å². The normalized spacial score (nSPS) is 13.9. The van der Waals surface area contributed by atoms with Crippen LogP contribution in [0.25, 0.3) is 0 Å². The smallest absolute Gasteiger partial charge is 0.0612 e. The second kappa shape index (κ2) is 7.22. The van der Waals surface area contributed by atoms with Crippen molar-refractivity contribution in [3.05, 3.63) is 71.8 Å². The molecule has 2 aromatic carbocycles. The van der Waals surface area contributed by atoms with E-state index in [0.29, 0.717) is 12.3 Å². The highest BCUT2D eigenvalue weighted by Crippen LogP contribution is 2.25. The van der Waals surface area contributed by atoms with Gasteiger partial charge in [-0.15, -0.1) is 0 Å². The molecule has 2 atom stereocenters. The molecule has 0 amide bonds. The molecular weight excluding hydrogens is 254 g/mol. The second-order valence-corrected chi connectivity index (χ2v) is 6.11. The molecule has 0 radical (unpaired) electrons. The summed E-state index contributed by atoms with van der Waals surface area (Å²) < 4.78 is 12.6. The van der Waals surface area contributed by atoms with Crippen LogP contribution in [0.2, 0.25) is 0 Å². The Morgan fingerprint density at radius 2 is 1.53 bits per heavy atom. The molecule has 3 heteroatoms. The van der Waals surface area contributed by atoms with E-state index in [-0.39, 0.29) is 5.25 Å². The molecule has 19 heavy (non-hydrogen) atoms. The lowest BCUT2D eigenvalue weighted by Gasteiger charge is -2.16. The van der Waals surface area contributed by atoms with Crippen LogP contribution in [0.3, 0.4) is 0 Å². The van der Waals surface area contributed by atoms with E-state index >= 15 is 0 Å². The maximum absolute atomic E-state index is 12.6. The summed E-state index contributed by atoms with van der Waals surface area (Å²) in [6.07, 6.45) is 0.753. The van der Waals surface area contributed by atoms with Crippen molar-refractivity contribution in [3.63, 3.8) is 0 Å². The summed E-state index contributed by atoms with van der Waals surface area (Å²) >= 11 is 0. The molecule has 100 valence electrons. The lowest BCUT2D eigenvalue weighted by Crippen LogP contribution is -2.13. The Morgan fingerprint density at radius 3 is 2.11 bits per heavy atom. The topological polar surface area (TPSA) is 43.1 Å². The standard InChI is InChI=1S/C16H19NOS/c17-12-11-16(15-9-5-2-6-10-15)19(18)13-14-7-3-1-4-8-14/h1-10,16H,11-13,17H2. The Bertz CT molecular complexity index is 513. The Hall–Kier alpha value is -1.45. The zero-order chi connectivity index (χ0) is 13.5. The van der Waals surface area contributed by atoms with Gasteiger partial charge in [0.2, 0.25) is 0 Å². The van der Waals surface area contributed by atoms with Gasteiger partial charge in [0.25, 0.3) is 0 Å². The molecule has 2 unspecified atom stereocenters. The molecule has 2 rings (SSSR count). The predicted octanol–water partition coefficient (Wildman–Crippen LogP) is 3.03. The number of nitrogens with two attached hydrogens (primary N) is 1. The molecule has 0 saturated carbocycles. The van der Waals surface area contributed by atoms with Crippen molar-refractivity contribution in [2.24, 2.45) is 5.73 Å². The van der Waals surface area contributed by atoms with Gasteiger partial charge in [0, 0.05) is 16.6 Å². The third-order valence-electron chi connectivity index (χ3n) is 3.07. The van der Waals surface area contributed by atoms with Gasteiger partial charge < -0.3 is 5.73 Å². The van der Waals surface area contributed by atoms with Gasteiger partial charge in [-0.1, -0.05) is 60.7 Å². The van der Waals surface area contributed by atoms with Crippen LogP contribution >= 0.6 is 0 Å². The molecule has 2 N–H and O–H groups in total. The summed E-state index contributed by atoms with van der Waals surface area (Å²) in [6.45, 7) is 0.556. The molecule has 0 aromatic heterocycles. The van der Waals surface area contributed by atoms with E-state index in [9.17, 15) is 4.21 Å². The summed E-state index contributed by atoms with van der Waals surface area (Å²) in [7, 11) is -0.940. The number of benzene rings is 2. The summed E-state index contributed by atoms with van der Waals surface area (Å²) in [4.78, 5) is 0. The highest BCUT2D eigenvalue weighted by Gasteiger charge is 2.18. The van der Waals surface area contributed by atoms with Crippen molar-refractivity contribution in [1.29, 1.82) is 0 Å². The Balaban J connectivity index is 2.13.